The Morgan fingerprint density at radius 2 is 1.94 bits per heavy atom. The highest BCUT2D eigenvalue weighted by Crippen LogP contribution is 2.22. The van der Waals surface area contributed by atoms with Crippen LogP contribution in [0, 0.1) is 17.2 Å². The molecule has 0 bridgehead atoms. The summed E-state index contributed by atoms with van der Waals surface area (Å²) in [5, 5.41) is 18.5. The monoisotopic (exact) mass is 235 g/mol. The SMILES string of the molecule is COc1cc(C#N)cc(OCC(O)C(C)C)c1. The van der Waals surface area contributed by atoms with Crippen molar-refractivity contribution in [3.8, 4) is 17.6 Å². The molecule has 1 rings (SSSR count). The van der Waals surface area contributed by atoms with Crippen LogP contribution in [-0.2, 0) is 0 Å². The summed E-state index contributed by atoms with van der Waals surface area (Å²) in [6.07, 6.45) is -0.522. The Kier molecular flexibility index (Phi) is 4.80. The molecular weight excluding hydrogens is 218 g/mol. The van der Waals surface area contributed by atoms with Crippen molar-refractivity contribution in [3.63, 3.8) is 0 Å². The second-order valence-corrected chi connectivity index (χ2v) is 4.13. The van der Waals surface area contributed by atoms with E-state index in [9.17, 15) is 5.11 Å². The molecule has 1 atom stereocenters. The number of rotatable bonds is 5. The van der Waals surface area contributed by atoms with Gasteiger partial charge in [0.15, 0.2) is 0 Å². The lowest BCUT2D eigenvalue weighted by atomic mass is 10.1. The minimum atomic E-state index is -0.522. The number of nitriles is 1. The van der Waals surface area contributed by atoms with Gasteiger partial charge in [0, 0.05) is 6.07 Å². The molecule has 0 aliphatic carbocycles. The second kappa shape index (κ2) is 6.12. The fourth-order valence-electron chi connectivity index (χ4n) is 1.21. The summed E-state index contributed by atoms with van der Waals surface area (Å²) in [5.74, 6) is 1.23. The third-order valence-corrected chi connectivity index (χ3v) is 2.44. The molecule has 0 spiro atoms. The van der Waals surface area contributed by atoms with Crippen molar-refractivity contribution in [2.24, 2.45) is 5.92 Å². The van der Waals surface area contributed by atoms with Gasteiger partial charge in [-0.25, -0.2) is 0 Å². The first kappa shape index (κ1) is 13.3. The van der Waals surface area contributed by atoms with E-state index in [1.807, 2.05) is 19.9 Å². The molecule has 0 fully saturated rings. The van der Waals surface area contributed by atoms with Crippen LogP contribution in [0.5, 0.6) is 11.5 Å². The number of hydrogen-bond acceptors (Lipinski definition) is 4. The van der Waals surface area contributed by atoms with Crippen molar-refractivity contribution in [1.29, 1.82) is 5.26 Å². The standard InChI is InChI=1S/C13H17NO3/c1-9(2)13(15)8-17-12-5-10(7-14)4-11(6-12)16-3/h4-6,9,13,15H,8H2,1-3H3. The summed E-state index contributed by atoms with van der Waals surface area (Å²) < 4.78 is 10.5. The van der Waals surface area contributed by atoms with Gasteiger partial charge >= 0.3 is 0 Å². The molecule has 1 unspecified atom stereocenters. The molecular formula is C13H17NO3. The van der Waals surface area contributed by atoms with Crippen molar-refractivity contribution in [3.05, 3.63) is 23.8 Å². The average molecular weight is 235 g/mol. The van der Waals surface area contributed by atoms with Crippen LogP contribution in [0.2, 0.25) is 0 Å². The quantitative estimate of drug-likeness (QED) is 0.847. The van der Waals surface area contributed by atoms with Crippen LogP contribution in [0.15, 0.2) is 18.2 Å². The maximum atomic E-state index is 9.62. The number of methoxy groups -OCH3 is 1. The Morgan fingerprint density at radius 3 is 2.47 bits per heavy atom. The largest absolute Gasteiger partial charge is 0.497 e. The van der Waals surface area contributed by atoms with Crippen molar-refractivity contribution >= 4 is 0 Å². The summed E-state index contributed by atoms with van der Waals surface area (Å²) in [6, 6.07) is 6.97. The Bertz CT molecular complexity index is 410. The van der Waals surface area contributed by atoms with E-state index in [2.05, 4.69) is 0 Å². The minimum Gasteiger partial charge on any atom is -0.497 e. The third kappa shape index (κ3) is 3.97. The molecule has 0 saturated carbocycles. The van der Waals surface area contributed by atoms with Gasteiger partial charge in [-0.3, -0.25) is 0 Å². The topological polar surface area (TPSA) is 62.5 Å². The Balaban J connectivity index is 2.74. The van der Waals surface area contributed by atoms with Gasteiger partial charge in [0.25, 0.3) is 0 Å². The smallest absolute Gasteiger partial charge is 0.124 e. The molecule has 0 aliphatic rings. The summed E-state index contributed by atoms with van der Waals surface area (Å²) in [5.41, 5.74) is 0.471. The Labute approximate surface area is 101 Å². The number of aliphatic hydroxyl groups is 1. The summed E-state index contributed by atoms with van der Waals surface area (Å²) in [7, 11) is 1.53. The number of ether oxygens (including phenoxy) is 2. The van der Waals surface area contributed by atoms with E-state index < -0.39 is 6.10 Å². The van der Waals surface area contributed by atoms with Crippen molar-refractivity contribution in [2.45, 2.75) is 20.0 Å². The maximum Gasteiger partial charge on any atom is 0.124 e. The molecule has 1 N–H and O–H groups in total. The highest BCUT2D eigenvalue weighted by molar-refractivity contribution is 5.43. The third-order valence-electron chi connectivity index (χ3n) is 2.44. The highest BCUT2D eigenvalue weighted by Gasteiger charge is 2.10. The molecule has 17 heavy (non-hydrogen) atoms. The summed E-state index contributed by atoms with van der Waals surface area (Å²) in [4.78, 5) is 0. The van der Waals surface area contributed by atoms with Crippen molar-refractivity contribution in [2.75, 3.05) is 13.7 Å². The van der Waals surface area contributed by atoms with Gasteiger partial charge in [-0.1, -0.05) is 13.8 Å². The lowest BCUT2D eigenvalue weighted by Crippen LogP contribution is -2.23. The molecule has 92 valence electrons. The van der Waals surface area contributed by atoms with Gasteiger partial charge in [-0.2, -0.15) is 5.26 Å². The zero-order valence-electron chi connectivity index (χ0n) is 10.3. The van der Waals surface area contributed by atoms with E-state index in [-0.39, 0.29) is 12.5 Å². The van der Waals surface area contributed by atoms with E-state index in [0.29, 0.717) is 17.1 Å². The van der Waals surface area contributed by atoms with Crippen LogP contribution in [0.25, 0.3) is 0 Å². The predicted molar refractivity (Wildman–Crippen MR) is 64.0 cm³/mol. The predicted octanol–water partition coefficient (Wildman–Crippen LogP) is 1.96. The molecule has 0 saturated heterocycles. The van der Waals surface area contributed by atoms with E-state index in [1.165, 1.54) is 7.11 Å². The first-order valence-electron chi connectivity index (χ1n) is 5.47. The molecule has 4 heteroatoms. The zero-order chi connectivity index (χ0) is 12.8. The second-order valence-electron chi connectivity index (χ2n) is 4.13. The van der Waals surface area contributed by atoms with Crippen molar-refractivity contribution in [1.82, 2.24) is 0 Å². The first-order valence-corrected chi connectivity index (χ1v) is 5.47. The van der Waals surface area contributed by atoms with Gasteiger partial charge in [-0.15, -0.1) is 0 Å². The molecule has 0 amide bonds. The maximum absolute atomic E-state index is 9.62. The normalized spacial score (nSPS) is 12.0. The summed E-state index contributed by atoms with van der Waals surface area (Å²) >= 11 is 0. The minimum absolute atomic E-state index is 0.135. The van der Waals surface area contributed by atoms with Crippen LogP contribution in [0.4, 0.5) is 0 Å². The van der Waals surface area contributed by atoms with E-state index in [0.717, 1.165) is 0 Å². The van der Waals surface area contributed by atoms with E-state index >= 15 is 0 Å². The van der Waals surface area contributed by atoms with Crippen LogP contribution >= 0.6 is 0 Å². The lowest BCUT2D eigenvalue weighted by Gasteiger charge is -2.15. The fourth-order valence-corrected chi connectivity index (χ4v) is 1.21. The number of benzene rings is 1. The molecule has 0 aliphatic heterocycles. The van der Waals surface area contributed by atoms with Crippen LogP contribution in [-0.4, -0.2) is 24.9 Å². The van der Waals surface area contributed by atoms with Gasteiger partial charge in [0.05, 0.1) is 24.8 Å². The number of hydrogen-bond donors (Lipinski definition) is 1. The van der Waals surface area contributed by atoms with Crippen molar-refractivity contribution < 1.29 is 14.6 Å². The van der Waals surface area contributed by atoms with Gasteiger partial charge < -0.3 is 14.6 Å². The molecule has 0 aromatic heterocycles. The van der Waals surface area contributed by atoms with Crippen LogP contribution in [0.1, 0.15) is 19.4 Å². The number of aliphatic hydroxyl groups excluding tert-OH is 1. The highest BCUT2D eigenvalue weighted by atomic mass is 16.5. The number of nitrogens with zero attached hydrogens (tertiary/aromatic N) is 1. The Morgan fingerprint density at radius 1 is 1.29 bits per heavy atom. The molecule has 1 aromatic rings. The van der Waals surface area contributed by atoms with Gasteiger partial charge in [0.2, 0.25) is 0 Å². The zero-order valence-corrected chi connectivity index (χ0v) is 10.3. The Hall–Kier alpha value is -1.73. The molecule has 0 heterocycles. The molecule has 4 nitrogen and oxygen atoms in total. The first-order chi connectivity index (χ1) is 8.06. The van der Waals surface area contributed by atoms with Gasteiger partial charge in [0.1, 0.15) is 18.1 Å². The molecule has 1 aromatic carbocycles. The lowest BCUT2D eigenvalue weighted by molar-refractivity contribution is 0.0700. The van der Waals surface area contributed by atoms with E-state index in [4.69, 9.17) is 14.7 Å². The summed E-state index contributed by atoms with van der Waals surface area (Å²) in [6.45, 7) is 4.04. The van der Waals surface area contributed by atoms with E-state index in [1.54, 1.807) is 18.2 Å². The van der Waals surface area contributed by atoms with Crippen LogP contribution < -0.4 is 9.47 Å². The van der Waals surface area contributed by atoms with Gasteiger partial charge in [-0.05, 0) is 18.1 Å². The average Bonchev–Trinajstić information content (AvgIpc) is 2.35. The molecule has 0 radical (unpaired) electrons. The van der Waals surface area contributed by atoms with Crippen LogP contribution in [0.3, 0.4) is 0 Å². The fraction of sp³-hybridized carbons (Fsp3) is 0.462.